The summed E-state index contributed by atoms with van der Waals surface area (Å²) in [6.45, 7) is 6.05. The first-order valence-corrected chi connectivity index (χ1v) is 3.98. The molecular weight excluding hydrogens is 166 g/mol. The molecule has 0 fully saturated rings. The SMILES string of the molecule is CC(C)COC(=O)[C@H](C)NCl. The van der Waals surface area contributed by atoms with E-state index in [4.69, 9.17) is 16.5 Å². The smallest absolute Gasteiger partial charge is 0.324 e. The zero-order valence-corrected chi connectivity index (χ0v) is 7.81. The Hall–Kier alpha value is -0.280. The van der Waals surface area contributed by atoms with Crippen molar-refractivity contribution < 1.29 is 9.53 Å². The summed E-state index contributed by atoms with van der Waals surface area (Å²) in [7, 11) is 0. The fraction of sp³-hybridized carbons (Fsp3) is 0.857. The van der Waals surface area contributed by atoms with E-state index in [0.717, 1.165) is 0 Å². The van der Waals surface area contributed by atoms with Gasteiger partial charge >= 0.3 is 5.97 Å². The number of carbonyl (C=O) groups excluding carboxylic acids is 1. The lowest BCUT2D eigenvalue weighted by Crippen LogP contribution is -2.30. The van der Waals surface area contributed by atoms with Crippen LogP contribution in [0.1, 0.15) is 20.8 Å². The number of esters is 1. The highest BCUT2D eigenvalue weighted by molar-refractivity contribution is 6.14. The van der Waals surface area contributed by atoms with E-state index in [2.05, 4.69) is 4.84 Å². The first-order valence-electron chi connectivity index (χ1n) is 3.60. The summed E-state index contributed by atoms with van der Waals surface area (Å²) in [5.74, 6) is 0.0511. The fourth-order valence-corrected chi connectivity index (χ4v) is 0.507. The van der Waals surface area contributed by atoms with Gasteiger partial charge in [-0.05, 0) is 24.6 Å². The second-order valence-electron chi connectivity index (χ2n) is 2.85. The van der Waals surface area contributed by atoms with Crippen molar-refractivity contribution in [2.75, 3.05) is 6.61 Å². The van der Waals surface area contributed by atoms with Gasteiger partial charge in [0, 0.05) is 0 Å². The van der Waals surface area contributed by atoms with Crippen molar-refractivity contribution in [3.63, 3.8) is 0 Å². The molecule has 4 heteroatoms. The summed E-state index contributed by atoms with van der Waals surface area (Å²) in [5.41, 5.74) is 0. The van der Waals surface area contributed by atoms with E-state index in [-0.39, 0.29) is 5.97 Å². The standard InChI is InChI=1S/C7H14ClNO2/c1-5(2)4-11-7(10)6(3)9-8/h5-6,9H,4H2,1-3H3/t6-/m0/s1. The molecule has 0 aromatic carbocycles. The molecule has 0 saturated carbocycles. The van der Waals surface area contributed by atoms with Crippen LogP contribution < -0.4 is 4.84 Å². The van der Waals surface area contributed by atoms with Gasteiger partial charge in [-0.3, -0.25) is 4.79 Å². The van der Waals surface area contributed by atoms with E-state index in [0.29, 0.717) is 12.5 Å². The number of hydrogen-bond donors (Lipinski definition) is 1. The number of nitrogens with one attached hydrogen (secondary N) is 1. The van der Waals surface area contributed by atoms with E-state index in [1.165, 1.54) is 0 Å². The summed E-state index contributed by atoms with van der Waals surface area (Å²) in [5, 5.41) is 0. The Morgan fingerprint density at radius 3 is 2.45 bits per heavy atom. The molecule has 0 spiro atoms. The van der Waals surface area contributed by atoms with Gasteiger partial charge in [-0.25, -0.2) is 4.84 Å². The van der Waals surface area contributed by atoms with Gasteiger partial charge in [-0.15, -0.1) is 0 Å². The number of ether oxygens (including phenoxy) is 1. The van der Waals surface area contributed by atoms with Crippen molar-refractivity contribution in [2.45, 2.75) is 26.8 Å². The normalized spacial score (nSPS) is 13.2. The molecule has 0 radical (unpaired) electrons. The Labute approximate surface area is 72.2 Å². The van der Waals surface area contributed by atoms with Gasteiger partial charge in [0.15, 0.2) is 0 Å². The molecule has 0 aromatic heterocycles. The maximum Gasteiger partial charge on any atom is 0.324 e. The van der Waals surface area contributed by atoms with Gasteiger partial charge in [-0.1, -0.05) is 13.8 Å². The summed E-state index contributed by atoms with van der Waals surface area (Å²) < 4.78 is 4.87. The topological polar surface area (TPSA) is 38.3 Å². The van der Waals surface area contributed by atoms with Crippen molar-refractivity contribution in [2.24, 2.45) is 5.92 Å². The Balaban J connectivity index is 3.52. The highest BCUT2D eigenvalue weighted by Gasteiger charge is 2.12. The summed E-state index contributed by atoms with van der Waals surface area (Å²) in [6.07, 6.45) is 0. The third-order valence-corrected chi connectivity index (χ3v) is 1.40. The van der Waals surface area contributed by atoms with Crippen LogP contribution in [-0.2, 0) is 9.53 Å². The molecule has 0 bridgehead atoms. The van der Waals surface area contributed by atoms with Gasteiger partial charge in [0.05, 0.1) is 6.61 Å². The van der Waals surface area contributed by atoms with Gasteiger partial charge in [0.2, 0.25) is 0 Å². The summed E-state index contributed by atoms with van der Waals surface area (Å²) in [4.78, 5) is 13.2. The molecule has 0 unspecified atom stereocenters. The van der Waals surface area contributed by atoms with Crippen LogP contribution in [0.2, 0.25) is 0 Å². The minimum atomic E-state index is -0.435. The van der Waals surface area contributed by atoms with Crippen molar-refractivity contribution in [1.82, 2.24) is 4.84 Å². The first kappa shape index (κ1) is 10.7. The van der Waals surface area contributed by atoms with Crippen LogP contribution in [0.25, 0.3) is 0 Å². The third kappa shape index (κ3) is 5.04. The Kier molecular flexibility index (Phi) is 5.24. The van der Waals surface area contributed by atoms with Gasteiger partial charge in [0.1, 0.15) is 6.04 Å². The van der Waals surface area contributed by atoms with Gasteiger partial charge < -0.3 is 4.74 Å². The molecule has 1 atom stereocenters. The van der Waals surface area contributed by atoms with E-state index in [9.17, 15) is 4.79 Å². The quantitative estimate of drug-likeness (QED) is 0.523. The van der Waals surface area contributed by atoms with Crippen LogP contribution >= 0.6 is 11.8 Å². The van der Waals surface area contributed by atoms with Crippen molar-refractivity contribution in [3.8, 4) is 0 Å². The minimum absolute atomic E-state index is 0.311. The number of halogens is 1. The highest BCUT2D eigenvalue weighted by atomic mass is 35.5. The fourth-order valence-electron chi connectivity index (χ4n) is 0.418. The number of hydrogen-bond acceptors (Lipinski definition) is 3. The van der Waals surface area contributed by atoms with E-state index in [1.54, 1.807) is 6.92 Å². The van der Waals surface area contributed by atoms with Crippen LogP contribution in [0.5, 0.6) is 0 Å². The lowest BCUT2D eigenvalue weighted by Gasteiger charge is -2.10. The molecule has 0 amide bonds. The zero-order valence-electron chi connectivity index (χ0n) is 7.06. The van der Waals surface area contributed by atoms with Gasteiger partial charge in [0.25, 0.3) is 0 Å². The second kappa shape index (κ2) is 5.38. The lowest BCUT2D eigenvalue weighted by molar-refractivity contribution is -0.146. The molecule has 0 aromatic rings. The Bertz CT molecular complexity index is 128. The van der Waals surface area contributed by atoms with E-state index in [1.807, 2.05) is 13.8 Å². The lowest BCUT2D eigenvalue weighted by atomic mass is 10.2. The molecule has 11 heavy (non-hydrogen) atoms. The molecule has 3 nitrogen and oxygen atoms in total. The van der Waals surface area contributed by atoms with Crippen molar-refractivity contribution in [1.29, 1.82) is 0 Å². The van der Waals surface area contributed by atoms with Crippen molar-refractivity contribution in [3.05, 3.63) is 0 Å². The predicted molar refractivity (Wildman–Crippen MR) is 44.2 cm³/mol. The highest BCUT2D eigenvalue weighted by Crippen LogP contribution is 1.95. The molecule has 0 rings (SSSR count). The van der Waals surface area contributed by atoms with Gasteiger partial charge in [-0.2, -0.15) is 0 Å². The zero-order chi connectivity index (χ0) is 8.85. The second-order valence-corrected chi connectivity index (χ2v) is 3.07. The molecule has 0 saturated heterocycles. The minimum Gasteiger partial charge on any atom is -0.464 e. The Morgan fingerprint density at radius 2 is 2.09 bits per heavy atom. The number of rotatable bonds is 4. The summed E-state index contributed by atoms with van der Waals surface area (Å²) in [6, 6.07) is -0.435. The van der Waals surface area contributed by atoms with Crippen LogP contribution in [-0.4, -0.2) is 18.6 Å². The molecule has 66 valence electrons. The first-order chi connectivity index (χ1) is 5.07. The average molecular weight is 180 g/mol. The van der Waals surface area contributed by atoms with Crippen LogP contribution in [0.4, 0.5) is 0 Å². The maximum atomic E-state index is 10.9. The molecule has 0 aliphatic carbocycles. The molecule has 0 aliphatic rings. The third-order valence-electron chi connectivity index (χ3n) is 1.08. The van der Waals surface area contributed by atoms with Crippen LogP contribution in [0.3, 0.4) is 0 Å². The average Bonchev–Trinajstić information content (AvgIpc) is 1.98. The Morgan fingerprint density at radius 1 is 1.55 bits per heavy atom. The van der Waals surface area contributed by atoms with Crippen molar-refractivity contribution >= 4 is 17.7 Å². The largest absolute Gasteiger partial charge is 0.464 e. The molecular formula is C7H14ClNO2. The van der Waals surface area contributed by atoms with E-state index < -0.39 is 6.04 Å². The van der Waals surface area contributed by atoms with Crippen LogP contribution in [0.15, 0.2) is 0 Å². The van der Waals surface area contributed by atoms with E-state index >= 15 is 0 Å². The number of carbonyl (C=O) groups is 1. The molecule has 1 N–H and O–H groups in total. The van der Waals surface area contributed by atoms with Crippen LogP contribution in [0, 0.1) is 5.92 Å². The predicted octanol–water partition coefficient (Wildman–Crippen LogP) is 1.32. The molecule has 0 aliphatic heterocycles. The molecule has 0 heterocycles. The maximum absolute atomic E-state index is 10.9. The monoisotopic (exact) mass is 179 g/mol. The summed E-state index contributed by atoms with van der Waals surface area (Å²) >= 11 is 5.21.